The Morgan fingerprint density at radius 2 is 1.48 bits per heavy atom. The summed E-state index contributed by atoms with van der Waals surface area (Å²) in [5, 5.41) is 2.70. The first kappa shape index (κ1) is 20.2. The number of nitrogens with one attached hydrogen (secondary N) is 2. The van der Waals surface area contributed by atoms with Gasteiger partial charge in [0.2, 0.25) is 0 Å². The average Bonchev–Trinajstić information content (AvgIpc) is 2.74. The number of benzene rings is 3. The van der Waals surface area contributed by atoms with Crippen LogP contribution in [0.25, 0.3) is 0 Å². The van der Waals surface area contributed by atoms with Gasteiger partial charge in [-0.15, -0.1) is 0 Å². The number of hydrogen-bond donors (Lipinski definition) is 2. The van der Waals surface area contributed by atoms with Crippen molar-refractivity contribution in [1.29, 1.82) is 0 Å². The van der Waals surface area contributed by atoms with Gasteiger partial charge >= 0.3 is 0 Å². The minimum Gasteiger partial charge on any atom is -0.497 e. The molecule has 0 aliphatic rings. The van der Waals surface area contributed by atoms with Crippen molar-refractivity contribution in [1.82, 2.24) is 0 Å². The molecule has 0 saturated carbocycles. The van der Waals surface area contributed by atoms with Crippen LogP contribution in [-0.4, -0.2) is 28.5 Å². The lowest BCUT2D eigenvalue weighted by molar-refractivity contribution is 0.102. The number of anilines is 2. The number of amides is 1. The number of sulfonamides is 1. The molecule has 8 heteroatoms. The SMILES string of the molecule is COc1ccc(NS(=O)(=O)c2cccc(NC(=O)c3cccc(OC)c3)c2)cc1. The molecule has 0 atom stereocenters. The lowest BCUT2D eigenvalue weighted by atomic mass is 10.2. The van der Waals surface area contributed by atoms with E-state index in [-0.39, 0.29) is 10.8 Å². The van der Waals surface area contributed by atoms with E-state index in [9.17, 15) is 13.2 Å². The van der Waals surface area contributed by atoms with Crippen LogP contribution in [0.2, 0.25) is 0 Å². The van der Waals surface area contributed by atoms with Gasteiger partial charge in [-0.3, -0.25) is 9.52 Å². The molecule has 7 nitrogen and oxygen atoms in total. The zero-order chi connectivity index (χ0) is 20.9. The second-order valence-corrected chi connectivity index (χ2v) is 7.73. The highest BCUT2D eigenvalue weighted by Crippen LogP contribution is 2.22. The highest BCUT2D eigenvalue weighted by atomic mass is 32.2. The van der Waals surface area contributed by atoms with Crippen molar-refractivity contribution >= 4 is 27.3 Å². The van der Waals surface area contributed by atoms with Crippen molar-refractivity contribution < 1.29 is 22.7 Å². The van der Waals surface area contributed by atoms with Gasteiger partial charge in [0, 0.05) is 16.9 Å². The number of carbonyl (C=O) groups excluding carboxylic acids is 1. The number of rotatable bonds is 7. The molecule has 150 valence electrons. The smallest absolute Gasteiger partial charge is 0.261 e. The molecule has 0 fully saturated rings. The molecule has 0 aromatic heterocycles. The van der Waals surface area contributed by atoms with Crippen molar-refractivity contribution in [3.05, 3.63) is 78.4 Å². The molecule has 0 spiro atoms. The largest absolute Gasteiger partial charge is 0.497 e. The summed E-state index contributed by atoms with van der Waals surface area (Å²) in [6.07, 6.45) is 0. The maximum atomic E-state index is 12.7. The van der Waals surface area contributed by atoms with E-state index in [0.717, 1.165) is 0 Å². The number of ether oxygens (including phenoxy) is 2. The molecule has 3 aromatic rings. The van der Waals surface area contributed by atoms with Crippen molar-refractivity contribution in [2.75, 3.05) is 24.3 Å². The summed E-state index contributed by atoms with van der Waals surface area (Å²) in [6.45, 7) is 0. The Bertz CT molecular complexity index is 1110. The predicted octanol–water partition coefficient (Wildman–Crippen LogP) is 3.76. The van der Waals surface area contributed by atoms with E-state index < -0.39 is 10.0 Å². The van der Waals surface area contributed by atoms with E-state index in [1.807, 2.05) is 0 Å². The predicted molar refractivity (Wildman–Crippen MR) is 111 cm³/mol. The number of carbonyl (C=O) groups is 1. The fourth-order valence-electron chi connectivity index (χ4n) is 2.58. The summed E-state index contributed by atoms with van der Waals surface area (Å²) in [4.78, 5) is 12.5. The molecule has 0 bridgehead atoms. The Morgan fingerprint density at radius 3 is 2.17 bits per heavy atom. The van der Waals surface area contributed by atoms with Crippen LogP contribution in [0.3, 0.4) is 0 Å². The Morgan fingerprint density at radius 1 is 0.793 bits per heavy atom. The molecule has 3 rings (SSSR count). The van der Waals surface area contributed by atoms with Crippen LogP contribution in [-0.2, 0) is 10.0 Å². The molecule has 0 saturated heterocycles. The summed E-state index contributed by atoms with van der Waals surface area (Å²) in [7, 11) is -0.781. The van der Waals surface area contributed by atoms with Gasteiger partial charge in [-0.25, -0.2) is 8.42 Å². The van der Waals surface area contributed by atoms with Crippen LogP contribution in [0.4, 0.5) is 11.4 Å². The molecule has 3 aromatic carbocycles. The van der Waals surface area contributed by atoms with Gasteiger partial charge in [0.1, 0.15) is 11.5 Å². The summed E-state index contributed by atoms with van der Waals surface area (Å²) in [5.41, 5.74) is 1.15. The lowest BCUT2D eigenvalue weighted by Crippen LogP contribution is -2.15. The van der Waals surface area contributed by atoms with E-state index in [1.165, 1.54) is 26.4 Å². The Labute approximate surface area is 169 Å². The summed E-state index contributed by atoms with van der Waals surface area (Å²) in [5.74, 6) is 0.800. The summed E-state index contributed by atoms with van der Waals surface area (Å²) < 4.78 is 38.0. The van der Waals surface area contributed by atoms with E-state index >= 15 is 0 Å². The highest BCUT2D eigenvalue weighted by molar-refractivity contribution is 7.92. The normalized spacial score (nSPS) is 10.8. The molecular weight excluding hydrogens is 392 g/mol. The molecule has 0 unspecified atom stereocenters. The van der Waals surface area contributed by atoms with Crippen LogP contribution in [0.5, 0.6) is 11.5 Å². The molecule has 0 aliphatic heterocycles. The Kier molecular flexibility index (Phi) is 6.04. The molecular formula is C21H20N2O5S. The third-order valence-electron chi connectivity index (χ3n) is 4.08. The Balaban J connectivity index is 1.77. The van der Waals surface area contributed by atoms with Crippen LogP contribution in [0, 0.1) is 0 Å². The summed E-state index contributed by atoms with van der Waals surface area (Å²) >= 11 is 0. The Hall–Kier alpha value is -3.52. The molecule has 1 amide bonds. The number of methoxy groups -OCH3 is 2. The van der Waals surface area contributed by atoms with Gasteiger partial charge in [0.15, 0.2) is 0 Å². The molecule has 0 radical (unpaired) electrons. The van der Waals surface area contributed by atoms with Crippen LogP contribution >= 0.6 is 0 Å². The molecule has 0 aliphatic carbocycles. The van der Waals surface area contributed by atoms with Crippen molar-refractivity contribution in [3.63, 3.8) is 0 Å². The zero-order valence-corrected chi connectivity index (χ0v) is 16.7. The molecule has 0 heterocycles. The van der Waals surface area contributed by atoms with Gasteiger partial charge in [-0.1, -0.05) is 12.1 Å². The average molecular weight is 412 g/mol. The monoisotopic (exact) mass is 412 g/mol. The first-order chi connectivity index (χ1) is 13.9. The van der Waals surface area contributed by atoms with Crippen LogP contribution in [0.1, 0.15) is 10.4 Å². The van der Waals surface area contributed by atoms with Gasteiger partial charge in [-0.2, -0.15) is 0 Å². The summed E-state index contributed by atoms with van der Waals surface area (Å²) in [6, 6.07) is 19.2. The highest BCUT2D eigenvalue weighted by Gasteiger charge is 2.16. The minimum atomic E-state index is -3.83. The maximum absolute atomic E-state index is 12.7. The van der Waals surface area contributed by atoms with E-state index in [2.05, 4.69) is 10.0 Å². The number of hydrogen-bond acceptors (Lipinski definition) is 5. The quantitative estimate of drug-likeness (QED) is 0.616. The van der Waals surface area contributed by atoms with E-state index in [0.29, 0.717) is 28.4 Å². The minimum absolute atomic E-state index is 0.0248. The fraction of sp³-hybridized carbons (Fsp3) is 0.0952. The first-order valence-electron chi connectivity index (χ1n) is 8.63. The van der Waals surface area contributed by atoms with Gasteiger partial charge < -0.3 is 14.8 Å². The van der Waals surface area contributed by atoms with Crippen LogP contribution < -0.4 is 19.5 Å². The van der Waals surface area contributed by atoms with Crippen molar-refractivity contribution in [2.24, 2.45) is 0 Å². The second-order valence-electron chi connectivity index (χ2n) is 6.05. The van der Waals surface area contributed by atoms with Gasteiger partial charge in [-0.05, 0) is 60.7 Å². The standard InChI is InChI=1S/C21H20N2O5S/c1-27-18-11-9-16(10-12-18)23-29(25,26)20-8-4-6-17(14-20)22-21(24)15-5-3-7-19(13-15)28-2/h3-14,23H,1-2H3,(H,22,24). The van der Waals surface area contributed by atoms with Gasteiger partial charge in [0.25, 0.3) is 15.9 Å². The lowest BCUT2D eigenvalue weighted by Gasteiger charge is -2.11. The zero-order valence-electron chi connectivity index (χ0n) is 15.9. The fourth-order valence-corrected chi connectivity index (χ4v) is 3.69. The topological polar surface area (TPSA) is 93.7 Å². The first-order valence-corrected chi connectivity index (χ1v) is 10.1. The van der Waals surface area contributed by atoms with E-state index in [1.54, 1.807) is 60.7 Å². The molecule has 2 N–H and O–H groups in total. The molecule has 29 heavy (non-hydrogen) atoms. The maximum Gasteiger partial charge on any atom is 0.261 e. The van der Waals surface area contributed by atoms with Crippen LogP contribution in [0.15, 0.2) is 77.7 Å². The van der Waals surface area contributed by atoms with E-state index in [4.69, 9.17) is 9.47 Å². The second kappa shape index (κ2) is 8.66. The van der Waals surface area contributed by atoms with Crippen molar-refractivity contribution in [3.8, 4) is 11.5 Å². The van der Waals surface area contributed by atoms with Crippen molar-refractivity contribution in [2.45, 2.75) is 4.90 Å². The van der Waals surface area contributed by atoms with Gasteiger partial charge in [0.05, 0.1) is 19.1 Å². The third kappa shape index (κ3) is 5.05. The third-order valence-corrected chi connectivity index (χ3v) is 5.46.